The Kier molecular flexibility index (Phi) is 5.48. The fourth-order valence-electron chi connectivity index (χ4n) is 4.54. The van der Waals surface area contributed by atoms with Gasteiger partial charge in [0.15, 0.2) is 17.3 Å². The number of ether oxygens (including phenoxy) is 3. The van der Waals surface area contributed by atoms with Crippen molar-refractivity contribution in [1.29, 1.82) is 0 Å². The number of hydrogen-bond donors (Lipinski definition) is 1. The maximum Gasteiger partial charge on any atom is 0.255 e. The molecule has 4 atom stereocenters. The van der Waals surface area contributed by atoms with Gasteiger partial charge in [-0.3, -0.25) is 4.90 Å². The van der Waals surface area contributed by atoms with Gasteiger partial charge in [-0.1, -0.05) is 0 Å². The minimum atomic E-state index is -2.72. The Balaban J connectivity index is 1.57. The smallest absolute Gasteiger partial charge is 0.255 e. The molecule has 0 unspecified atom stereocenters. The van der Waals surface area contributed by atoms with Crippen molar-refractivity contribution in [3.05, 3.63) is 23.0 Å². The summed E-state index contributed by atoms with van der Waals surface area (Å²) in [6.07, 6.45) is -0.314. The van der Waals surface area contributed by atoms with Crippen molar-refractivity contribution in [2.45, 2.75) is 69.8 Å². The number of aliphatic hydroxyl groups excluding tert-OH is 1. The Morgan fingerprint density at radius 2 is 2.00 bits per heavy atom. The van der Waals surface area contributed by atoms with Gasteiger partial charge in [0.25, 0.3) is 5.92 Å². The lowest BCUT2D eigenvalue weighted by Gasteiger charge is -2.46. The number of methoxy groups -OCH3 is 1. The van der Waals surface area contributed by atoms with Crippen LogP contribution in [0, 0.1) is 11.7 Å². The molecule has 2 heterocycles. The molecule has 0 aromatic heterocycles. The molecule has 1 saturated carbocycles. The summed E-state index contributed by atoms with van der Waals surface area (Å²) in [5, 5.41) is 10.7. The van der Waals surface area contributed by atoms with Gasteiger partial charge in [-0.2, -0.15) is 0 Å². The van der Waals surface area contributed by atoms with Crippen LogP contribution < -0.4 is 9.47 Å². The normalized spacial score (nSPS) is 30.4. The molecule has 0 spiro atoms. The van der Waals surface area contributed by atoms with Crippen molar-refractivity contribution in [3.8, 4) is 11.5 Å². The van der Waals surface area contributed by atoms with Gasteiger partial charge in [0, 0.05) is 25.6 Å². The van der Waals surface area contributed by atoms with Gasteiger partial charge in [0.05, 0.1) is 37.4 Å². The van der Waals surface area contributed by atoms with Crippen LogP contribution in [0.25, 0.3) is 0 Å². The zero-order valence-corrected chi connectivity index (χ0v) is 17.9. The number of nitrogens with zero attached hydrogens (tertiary/aromatic N) is 1. The first kappa shape index (κ1) is 21.7. The highest BCUT2D eigenvalue weighted by Crippen LogP contribution is 2.50. The largest absolute Gasteiger partial charge is 0.493 e. The van der Waals surface area contributed by atoms with Crippen LogP contribution in [0.1, 0.15) is 50.8 Å². The molecular formula is C22H30F3NO4. The second-order valence-electron chi connectivity index (χ2n) is 9.60. The molecule has 2 aliphatic heterocycles. The van der Waals surface area contributed by atoms with E-state index in [-0.39, 0.29) is 42.3 Å². The zero-order valence-electron chi connectivity index (χ0n) is 17.9. The molecule has 1 aromatic carbocycles. The SMILES string of the molecule is COc1cc2c(c(F)c1OC[C@@H]1CC1(F)F)CCN1C[C@@H](OC(C)(C)C)[C@H](O)C[C@H]21. The monoisotopic (exact) mass is 429 g/mol. The summed E-state index contributed by atoms with van der Waals surface area (Å²) < 4.78 is 58.5. The van der Waals surface area contributed by atoms with Crippen LogP contribution >= 0.6 is 0 Å². The molecule has 168 valence electrons. The van der Waals surface area contributed by atoms with Crippen molar-refractivity contribution < 1.29 is 32.5 Å². The summed E-state index contributed by atoms with van der Waals surface area (Å²) in [7, 11) is 1.41. The average Bonchev–Trinajstić information content (AvgIpc) is 3.26. The fourth-order valence-corrected chi connectivity index (χ4v) is 4.54. The topological polar surface area (TPSA) is 51.2 Å². The van der Waals surface area contributed by atoms with Crippen LogP contribution in [0.5, 0.6) is 11.5 Å². The van der Waals surface area contributed by atoms with Crippen LogP contribution in [-0.2, 0) is 11.2 Å². The number of alkyl halides is 2. The molecule has 1 aliphatic carbocycles. The molecule has 0 amide bonds. The van der Waals surface area contributed by atoms with Gasteiger partial charge in [-0.25, -0.2) is 13.2 Å². The Bertz CT molecular complexity index is 811. The lowest BCUT2D eigenvalue weighted by atomic mass is 9.84. The summed E-state index contributed by atoms with van der Waals surface area (Å²) in [5.74, 6) is -4.04. The van der Waals surface area contributed by atoms with E-state index < -0.39 is 23.8 Å². The van der Waals surface area contributed by atoms with E-state index in [1.807, 2.05) is 20.8 Å². The third-order valence-electron chi connectivity index (χ3n) is 6.19. The van der Waals surface area contributed by atoms with Gasteiger partial charge < -0.3 is 19.3 Å². The van der Waals surface area contributed by atoms with Gasteiger partial charge in [0.2, 0.25) is 0 Å². The van der Waals surface area contributed by atoms with Crippen LogP contribution in [-0.4, -0.2) is 60.5 Å². The highest BCUT2D eigenvalue weighted by Gasteiger charge is 2.57. The standard InChI is InChI=1S/C22H30F3NO4/c1-21(2,3)30-18-10-26-6-5-13-14(15(26)8-16(18)27)7-17(28-4)20(19(13)23)29-11-12-9-22(12,24)25/h7,12,15-16,18,27H,5-6,8-11H2,1-4H3/t12-,15+,16+,18+/m0/s1. The quantitative estimate of drug-likeness (QED) is 0.773. The first-order valence-corrected chi connectivity index (χ1v) is 10.5. The van der Waals surface area contributed by atoms with Crippen molar-refractivity contribution in [2.24, 2.45) is 5.92 Å². The molecule has 0 radical (unpaired) electrons. The molecule has 5 nitrogen and oxygen atoms in total. The number of aliphatic hydroxyl groups is 1. The van der Waals surface area contributed by atoms with Crippen molar-refractivity contribution in [3.63, 3.8) is 0 Å². The zero-order chi connectivity index (χ0) is 21.8. The Morgan fingerprint density at radius 1 is 1.30 bits per heavy atom. The van der Waals surface area contributed by atoms with E-state index in [1.165, 1.54) is 7.11 Å². The molecule has 0 bridgehead atoms. The van der Waals surface area contributed by atoms with Crippen molar-refractivity contribution >= 4 is 0 Å². The summed E-state index contributed by atoms with van der Waals surface area (Å²) in [5.41, 5.74) is 0.900. The first-order chi connectivity index (χ1) is 14.0. The predicted molar refractivity (Wildman–Crippen MR) is 105 cm³/mol. The first-order valence-electron chi connectivity index (χ1n) is 10.5. The number of benzene rings is 1. The second kappa shape index (κ2) is 7.57. The van der Waals surface area contributed by atoms with Gasteiger partial charge >= 0.3 is 0 Å². The van der Waals surface area contributed by atoms with Crippen LogP contribution in [0.15, 0.2) is 6.07 Å². The Hall–Kier alpha value is -1.51. The number of piperidine rings is 1. The van der Waals surface area contributed by atoms with Crippen LogP contribution in [0.2, 0.25) is 0 Å². The van der Waals surface area contributed by atoms with Gasteiger partial charge in [-0.05, 0) is 50.8 Å². The Labute approximate surface area is 175 Å². The average molecular weight is 429 g/mol. The van der Waals surface area contributed by atoms with E-state index in [9.17, 15) is 13.9 Å². The van der Waals surface area contributed by atoms with E-state index in [1.54, 1.807) is 6.07 Å². The van der Waals surface area contributed by atoms with E-state index in [0.29, 0.717) is 31.5 Å². The summed E-state index contributed by atoms with van der Waals surface area (Å²) in [6, 6.07) is 1.57. The van der Waals surface area contributed by atoms with E-state index in [0.717, 1.165) is 5.56 Å². The lowest BCUT2D eigenvalue weighted by Crippen LogP contribution is -2.53. The second-order valence-corrected chi connectivity index (χ2v) is 9.60. The highest BCUT2D eigenvalue weighted by molar-refractivity contribution is 5.51. The number of fused-ring (bicyclic) bond motifs is 3. The molecule has 8 heteroatoms. The molecule has 1 N–H and O–H groups in total. The van der Waals surface area contributed by atoms with Gasteiger partial charge in [0.1, 0.15) is 0 Å². The molecule has 3 aliphatic rings. The van der Waals surface area contributed by atoms with Crippen molar-refractivity contribution in [1.82, 2.24) is 4.90 Å². The van der Waals surface area contributed by atoms with Crippen LogP contribution in [0.4, 0.5) is 13.2 Å². The van der Waals surface area contributed by atoms with E-state index >= 15 is 4.39 Å². The molecule has 1 aromatic rings. The number of halogens is 3. The maximum absolute atomic E-state index is 15.3. The summed E-state index contributed by atoms with van der Waals surface area (Å²) in [4.78, 5) is 2.20. The third kappa shape index (κ3) is 4.14. The van der Waals surface area contributed by atoms with Gasteiger partial charge in [-0.15, -0.1) is 0 Å². The summed E-state index contributed by atoms with van der Waals surface area (Å²) in [6.45, 7) is 6.81. The molecule has 4 rings (SSSR count). The minimum absolute atomic E-state index is 0.0994. The maximum atomic E-state index is 15.3. The summed E-state index contributed by atoms with van der Waals surface area (Å²) >= 11 is 0. The Morgan fingerprint density at radius 3 is 2.60 bits per heavy atom. The third-order valence-corrected chi connectivity index (χ3v) is 6.19. The molecule has 1 saturated heterocycles. The van der Waals surface area contributed by atoms with Crippen LogP contribution in [0.3, 0.4) is 0 Å². The number of rotatable bonds is 5. The molecular weight excluding hydrogens is 399 g/mol. The lowest BCUT2D eigenvalue weighted by molar-refractivity contribution is -0.149. The highest BCUT2D eigenvalue weighted by atomic mass is 19.3. The van der Waals surface area contributed by atoms with E-state index in [2.05, 4.69) is 4.90 Å². The van der Waals surface area contributed by atoms with Crippen molar-refractivity contribution in [2.75, 3.05) is 26.8 Å². The molecule has 30 heavy (non-hydrogen) atoms. The van der Waals surface area contributed by atoms with E-state index in [4.69, 9.17) is 14.2 Å². The predicted octanol–water partition coefficient (Wildman–Crippen LogP) is 3.72. The number of hydrogen-bond acceptors (Lipinski definition) is 5. The fraction of sp³-hybridized carbons (Fsp3) is 0.727. The molecule has 2 fully saturated rings. The minimum Gasteiger partial charge on any atom is -0.493 e.